The van der Waals surface area contributed by atoms with Crippen molar-refractivity contribution in [1.82, 2.24) is 15.3 Å². The number of H-pyrrole nitrogens is 1. The van der Waals surface area contributed by atoms with E-state index in [-0.39, 0.29) is 37.0 Å². The van der Waals surface area contributed by atoms with E-state index < -0.39 is 29.8 Å². The van der Waals surface area contributed by atoms with Crippen molar-refractivity contribution >= 4 is 16.9 Å². The van der Waals surface area contributed by atoms with Crippen molar-refractivity contribution in [3.05, 3.63) is 29.6 Å². The number of nitrogens with one attached hydrogen (secondary N) is 2. The Morgan fingerprint density at radius 1 is 1.15 bits per heavy atom. The number of halogens is 4. The van der Waals surface area contributed by atoms with Crippen LogP contribution in [-0.2, 0) is 4.79 Å². The van der Waals surface area contributed by atoms with Crippen molar-refractivity contribution in [1.29, 1.82) is 0 Å². The van der Waals surface area contributed by atoms with E-state index >= 15 is 0 Å². The second-order valence-electron chi connectivity index (χ2n) is 10.3. The standard InChI is InChI=1S/C24H30F4N4O/c25-23(26)9-7-14(8-10-23)19(29)21-30-17-6-5-16(11-18(17)31-21)20(15-3-4-15)32-22(33)24(27,28)12-13-1-2-13/h5-6,11,13-15,19-20H,1-4,7-10,12,29H2,(H,30,31)(H,32,33)/t19?,20-/m1/s1. The second-order valence-corrected chi connectivity index (χ2v) is 10.3. The summed E-state index contributed by atoms with van der Waals surface area (Å²) < 4.78 is 55.7. The van der Waals surface area contributed by atoms with Crippen LogP contribution >= 0.6 is 0 Å². The number of hydrogen-bond donors (Lipinski definition) is 3. The summed E-state index contributed by atoms with van der Waals surface area (Å²) >= 11 is 0. The largest absolute Gasteiger partial charge is 0.344 e. The molecule has 0 saturated heterocycles. The molecule has 180 valence electrons. The molecule has 3 aliphatic rings. The Balaban J connectivity index is 1.32. The molecular formula is C24H30F4N4O. The van der Waals surface area contributed by atoms with Crippen LogP contribution in [0.4, 0.5) is 17.6 Å². The van der Waals surface area contributed by atoms with Crippen molar-refractivity contribution in [3.63, 3.8) is 0 Å². The van der Waals surface area contributed by atoms with E-state index in [1.165, 1.54) is 0 Å². The molecule has 3 aliphatic carbocycles. The van der Waals surface area contributed by atoms with Gasteiger partial charge in [0.25, 0.3) is 5.91 Å². The van der Waals surface area contributed by atoms with Gasteiger partial charge < -0.3 is 16.0 Å². The number of aromatic nitrogens is 2. The molecule has 2 aromatic rings. The fourth-order valence-corrected chi connectivity index (χ4v) is 4.97. The van der Waals surface area contributed by atoms with E-state index in [9.17, 15) is 22.4 Å². The number of amides is 1. The highest BCUT2D eigenvalue weighted by Gasteiger charge is 2.46. The van der Waals surface area contributed by atoms with Crippen molar-refractivity contribution < 1.29 is 22.4 Å². The first kappa shape index (κ1) is 22.6. The van der Waals surface area contributed by atoms with Gasteiger partial charge in [0.05, 0.1) is 23.1 Å². The van der Waals surface area contributed by atoms with Crippen LogP contribution in [0.2, 0.25) is 0 Å². The number of nitrogens with two attached hydrogens (primary N) is 1. The zero-order valence-corrected chi connectivity index (χ0v) is 18.4. The summed E-state index contributed by atoms with van der Waals surface area (Å²) in [6, 6.07) is 4.48. The minimum atomic E-state index is -3.36. The maximum absolute atomic E-state index is 14.3. The number of carbonyl (C=O) groups excluding carboxylic acids is 1. The predicted octanol–water partition coefficient (Wildman–Crippen LogP) is 5.39. The number of fused-ring (bicyclic) bond motifs is 1. The molecule has 0 bridgehead atoms. The molecule has 0 aliphatic heterocycles. The molecule has 33 heavy (non-hydrogen) atoms. The molecule has 5 nitrogen and oxygen atoms in total. The molecule has 1 aromatic carbocycles. The lowest BCUT2D eigenvalue weighted by Crippen LogP contribution is -2.42. The van der Waals surface area contributed by atoms with Gasteiger partial charge in [-0.25, -0.2) is 13.8 Å². The molecule has 3 saturated carbocycles. The Labute approximate surface area is 189 Å². The van der Waals surface area contributed by atoms with Crippen LogP contribution in [0.5, 0.6) is 0 Å². The third-order valence-corrected chi connectivity index (χ3v) is 7.42. The maximum Gasteiger partial charge on any atom is 0.324 e. The molecule has 1 aromatic heterocycles. The molecule has 0 radical (unpaired) electrons. The van der Waals surface area contributed by atoms with Crippen LogP contribution in [0, 0.1) is 17.8 Å². The molecule has 0 spiro atoms. The minimum Gasteiger partial charge on any atom is -0.344 e. The molecule has 9 heteroatoms. The monoisotopic (exact) mass is 466 g/mol. The third kappa shape index (κ3) is 5.03. The quantitative estimate of drug-likeness (QED) is 0.456. The average Bonchev–Trinajstić information content (AvgIpc) is 3.69. The first-order chi connectivity index (χ1) is 15.6. The normalized spacial score (nSPS) is 23.4. The summed E-state index contributed by atoms with van der Waals surface area (Å²) in [7, 11) is 0. The van der Waals surface area contributed by atoms with Gasteiger partial charge in [-0.1, -0.05) is 6.07 Å². The molecule has 2 atom stereocenters. The maximum atomic E-state index is 14.3. The Morgan fingerprint density at radius 2 is 1.85 bits per heavy atom. The molecule has 3 fully saturated rings. The van der Waals surface area contributed by atoms with E-state index in [1.54, 1.807) is 6.07 Å². The molecule has 1 amide bonds. The highest BCUT2D eigenvalue weighted by atomic mass is 19.3. The lowest BCUT2D eigenvalue weighted by atomic mass is 9.82. The Hall–Kier alpha value is -2.16. The Morgan fingerprint density at radius 3 is 2.48 bits per heavy atom. The first-order valence-corrected chi connectivity index (χ1v) is 11.9. The first-order valence-electron chi connectivity index (χ1n) is 11.9. The third-order valence-electron chi connectivity index (χ3n) is 7.42. The summed E-state index contributed by atoms with van der Waals surface area (Å²) in [5.41, 5.74) is 8.47. The van der Waals surface area contributed by atoms with E-state index in [1.807, 2.05) is 12.1 Å². The number of carbonyl (C=O) groups is 1. The van der Waals surface area contributed by atoms with Gasteiger partial charge in [0.1, 0.15) is 5.82 Å². The van der Waals surface area contributed by atoms with Crippen LogP contribution in [0.3, 0.4) is 0 Å². The summed E-state index contributed by atoms with van der Waals surface area (Å²) in [4.78, 5) is 20.1. The molecule has 1 unspecified atom stereocenters. The van der Waals surface area contributed by atoms with Crippen molar-refractivity contribution in [2.45, 2.75) is 81.7 Å². The summed E-state index contributed by atoms with van der Waals surface area (Å²) in [5, 5.41) is 2.60. The van der Waals surface area contributed by atoms with Crippen molar-refractivity contribution in [2.24, 2.45) is 23.5 Å². The molecule has 5 rings (SSSR count). The van der Waals surface area contributed by atoms with Crippen molar-refractivity contribution in [2.75, 3.05) is 0 Å². The Kier molecular flexibility index (Phi) is 5.66. The van der Waals surface area contributed by atoms with Gasteiger partial charge in [0.2, 0.25) is 5.92 Å². The van der Waals surface area contributed by atoms with Gasteiger partial charge in [-0.2, -0.15) is 8.78 Å². The molecule has 4 N–H and O–H groups in total. The number of alkyl halides is 4. The number of hydrogen-bond acceptors (Lipinski definition) is 3. The Bertz CT molecular complexity index is 1020. The van der Waals surface area contributed by atoms with Gasteiger partial charge in [0, 0.05) is 19.3 Å². The summed E-state index contributed by atoms with van der Waals surface area (Å²) in [5.74, 6) is -6.63. The zero-order chi connectivity index (χ0) is 23.4. The van der Waals surface area contributed by atoms with E-state index in [4.69, 9.17) is 5.73 Å². The predicted molar refractivity (Wildman–Crippen MR) is 116 cm³/mol. The van der Waals surface area contributed by atoms with Gasteiger partial charge in [-0.15, -0.1) is 0 Å². The minimum absolute atomic E-state index is 0.0523. The van der Waals surface area contributed by atoms with E-state index in [2.05, 4.69) is 15.3 Å². The van der Waals surface area contributed by atoms with Gasteiger partial charge in [0.15, 0.2) is 0 Å². The highest BCUT2D eigenvalue weighted by Crippen LogP contribution is 2.44. The smallest absolute Gasteiger partial charge is 0.324 e. The lowest BCUT2D eigenvalue weighted by molar-refractivity contribution is -0.148. The van der Waals surface area contributed by atoms with Gasteiger partial charge in [-0.3, -0.25) is 4.79 Å². The number of aromatic amines is 1. The fourth-order valence-electron chi connectivity index (χ4n) is 4.97. The van der Waals surface area contributed by atoms with Crippen LogP contribution < -0.4 is 11.1 Å². The number of benzene rings is 1. The molecular weight excluding hydrogens is 436 g/mol. The number of imidazole rings is 1. The van der Waals surface area contributed by atoms with Gasteiger partial charge >= 0.3 is 5.92 Å². The average molecular weight is 467 g/mol. The van der Waals surface area contributed by atoms with E-state index in [0.717, 1.165) is 36.8 Å². The SMILES string of the molecule is NC(c1nc2cc([C@H](NC(=O)C(F)(F)CC3CC3)C3CC3)ccc2[nH]1)C1CCC(F)(F)CC1. The topological polar surface area (TPSA) is 83.8 Å². The number of rotatable bonds is 8. The highest BCUT2D eigenvalue weighted by molar-refractivity contribution is 5.84. The van der Waals surface area contributed by atoms with Crippen molar-refractivity contribution in [3.8, 4) is 0 Å². The molecule has 1 heterocycles. The zero-order valence-electron chi connectivity index (χ0n) is 18.4. The van der Waals surface area contributed by atoms with Crippen LogP contribution in [0.1, 0.15) is 81.3 Å². The lowest BCUT2D eigenvalue weighted by Gasteiger charge is -2.31. The van der Waals surface area contributed by atoms with Crippen LogP contribution in [-0.4, -0.2) is 27.7 Å². The van der Waals surface area contributed by atoms with Crippen LogP contribution in [0.25, 0.3) is 11.0 Å². The van der Waals surface area contributed by atoms with E-state index in [0.29, 0.717) is 24.2 Å². The summed E-state index contributed by atoms with van der Waals surface area (Å²) in [6.45, 7) is 0. The number of nitrogens with zero attached hydrogens (tertiary/aromatic N) is 1. The van der Waals surface area contributed by atoms with Crippen LogP contribution in [0.15, 0.2) is 18.2 Å². The second kappa shape index (κ2) is 8.25. The fraction of sp³-hybridized carbons (Fsp3) is 0.667. The van der Waals surface area contributed by atoms with Gasteiger partial charge in [-0.05, 0) is 74.0 Å². The summed E-state index contributed by atoms with van der Waals surface area (Å²) in [6.07, 6.45) is 3.26.